The van der Waals surface area contributed by atoms with Crippen LogP contribution in [0.3, 0.4) is 0 Å². The third kappa shape index (κ3) is 2.57. The van der Waals surface area contributed by atoms with Crippen LogP contribution in [0.25, 0.3) is 0 Å². The van der Waals surface area contributed by atoms with Crippen molar-refractivity contribution in [3.05, 3.63) is 10.9 Å². The molecule has 0 saturated carbocycles. The first-order chi connectivity index (χ1) is 9.18. The molecule has 1 aliphatic rings. The van der Waals surface area contributed by atoms with E-state index in [0.717, 1.165) is 11.3 Å². The van der Waals surface area contributed by atoms with Crippen LogP contribution in [0.4, 0.5) is 0 Å². The Kier molecular flexibility index (Phi) is 3.88. The lowest BCUT2D eigenvalue weighted by Crippen LogP contribution is -2.41. The zero-order valence-electron chi connectivity index (χ0n) is 12.4. The second-order valence-corrected chi connectivity index (χ2v) is 6.75. The van der Waals surface area contributed by atoms with E-state index in [9.17, 15) is 9.90 Å². The summed E-state index contributed by atoms with van der Waals surface area (Å²) in [6, 6.07) is 1.69. The molecule has 0 spiro atoms. The van der Waals surface area contributed by atoms with Crippen LogP contribution in [0.5, 0.6) is 5.75 Å². The second-order valence-electron chi connectivity index (χ2n) is 5.67. The lowest BCUT2D eigenvalue weighted by molar-refractivity contribution is 0.00578. The number of thiophene rings is 1. The largest absolute Gasteiger partial charge is 0.505 e. The summed E-state index contributed by atoms with van der Waals surface area (Å²) < 4.78 is 17.9. The van der Waals surface area contributed by atoms with Gasteiger partial charge in [-0.05, 0) is 40.7 Å². The molecule has 0 aromatic carbocycles. The molecular weight excluding hydrogens is 279 g/mol. The standard InChI is InChI=1S/C13H19BO5S/c1-6-17-8-7-9(20-10(8)11(15)16)14-18-12(2,3)13(4,5)19-14/h7H,6H2,1-5H3,(H,15,16). The number of hydrogen-bond acceptors (Lipinski definition) is 5. The number of aromatic carboxylic acids is 1. The topological polar surface area (TPSA) is 65.0 Å². The van der Waals surface area contributed by atoms with Crippen molar-refractivity contribution in [2.45, 2.75) is 45.8 Å². The summed E-state index contributed by atoms with van der Waals surface area (Å²) in [6.07, 6.45) is 0. The van der Waals surface area contributed by atoms with Gasteiger partial charge >= 0.3 is 13.1 Å². The van der Waals surface area contributed by atoms with E-state index in [1.807, 2.05) is 34.6 Å². The first kappa shape index (κ1) is 15.3. The molecule has 0 amide bonds. The van der Waals surface area contributed by atoms with Crippen molar-refractivity contribution >= 4 is 29.2 Å². The highest BCUT2D eigenvalue weighted by Gasteiger charge is 2.52. The molecule has 1 aliphatic heterocycles. The van der Waals surface area contributed by atoms with Crippen LogP contribution in [-0.4, -0.2) is 36.0 Å². The third-order valence-electron chi connectivity index (χ3n) is 3.70. The molecule has 7 heteroatoms. The zero-order valence-corrected chi connectivity index (χ0v) is 13.2. The number of carboxylic acids is 1. The van der Waals surface area contributed by atoms with Gasteiger partial charge in [-0.1, -0.05) is 0 Å². The van der Waals surface area contributed by atoms with Crippen molar-refractivity contribution in [2.24, 2.45) is 0 Å². The maximum Gasteiger partial charge on any atom is 0.505 e. The third-order valence-corrected chi connectivity index (χ3v) is 4.82. The molecule has 1 aromatic rings. The Bertz CT molecular complexity index is 507. The minimum absolute atomic E-state index is 0.177. The van der Waals surface area contributed by atoms with E-state index in [-0.39, 0.29) is 4.88 Å². The van der Waals surface area contributed by atoms with Gasteiger partial charge in [-0.25, -0.2) is 4.79 Å². The summed E-state index contributed by atoms with van der Waals surface area (Å²) in [6.45, 7) is 10.1. The van der Waals surface area contributed by atoms with Gasteiger partial charge in [-0.2, -0.15) is 0 Å². The Hall–Kier alpha value is -1.05. The van der Waals surface area contributed by atoms with Crippen molar-refractivity contribution in [1.82, 2.24) is 0 Å². The van der Waals surface area contributed by atoms with Gasteiger partial charge in [0.2, 0.25) is 0 Å². The number of hydrogen-bond donors (Lipinski definition) is 1. The van der Waals surface area contributed by atoms with E-state index in [4.69, 9.17) is 14.0 Å². The first-order valence-electron chi connectivity index (χ1n) is 6.53. The van der Waals surface area contributed by atoms with Crippen molar-refractivity contribution in [3.63, 3.8) is 0 Å². The highest BCUT2D eigenvalue weighted by molar-refractivity contribution is 7.24. The van der Waals surface area contributed by atoms with Crippen LogP contribution in [0.15, 0.2) is 6.07 Å². The zero-order chi connectivity index (χ0) is 15.1. The number of ether oxygens (including phenoxy) is 1. The van der Waals surface area contributed by atoms with Crippen LogP contribution in [-0.2, 0) is 9.31 Å². The molecule has 5 nitrogen and oxygen atoms in total. The molecule has 20 heavy (non-hydrogen) atoms. The molecule has 2 rings (SSSR count). The van der Waals surface area contributed by atoms with Gasteiger partial charge < -0.3 is 19.2 Å². The average molecular weight is 298 g/mol. The molecule has 0 radical (unpaired) electrons. The second kappa shape index (κ2) is 5.05. The fourth-order valence-electron chi connectivity index (χ4n) is 1.88. The summed E-state index contributed by atoms with van der Waals surface area (Å²) in [4.78, 5) is 11.4. The van der Waals surface area contributed by atoms with E-state index < -0.39 is 24.3 Å². The van der Waals surface area contributed by atoms with Gasteiger partial charge in [0.05, 0.1) is 17.8 Å². The molecule has 0 bridgehead atoms. The maximum atomic E-state index is 11.2. The Balaban J connectivity index is 2.31. The molecule has 1 N–H and O–H groups in total. The van der Waals surface area contributed by atoms with E-state index >= 15 is 0 Å². The minimum atomic E-state index is -0.999. The van der Waals surface area contributed by atoms with E-state index in [0.29, 0.717) is 17.1 Å². The van der Waals surface area contributed by atoms with Gasteiger partial charge in [0.1, 0.15) is 5.75 Å². The predicted molar refractivity (Wildman–Crippen MR) is 78.2 cm³/mol. The minimum Gasteiger partial charge on any atom is -0.492 e. The summed E-state index contributed by atoms with van der Waals surface area (Å²) in [5.41, 5.74) is -0.895. The average Bonchev–Trinajstić information content (AvgIpc) is 2.80. The molecular formula is C13H19BO5S. The molecule has 110 valence electrons. The lowest BCUT2D eigenvalue weighted by atomic mass is 9.88. The Morgan fingerprint density at radius 3 is 2.35 bits per heavy atom. The molecule has 1 fully saturated rings. The fraction of sp³-hybridized carbons (Fsp3) is 0.615. The Morgan fingerprint density at radius 2 is 1.90 bits per heavy atom. The maximum absolute atomic E-state index is 11.2. The summed E-state index contributed by atoms with van der Waals surface area (Å²) >= 11 is 1.13. The first-order valence-corrected chi connectivity index (χ1v) is 7.35. The highest BCUT2D eigenvalue weighted by atomic mass is 32.1. The highest BCUT2D eigenvalue weighted by Crippen LogP contribution is 2.37. The molecule has 0 unspecified atom stereocenters. The Morgan fingerprint density at radius 1 is 1.35 bits per heavy atom. The smallest absolute Gasteiger partial charge is 0.492 e. The molecule has 1 aromatic heterocycles. The lowest BCUT2D eigenvalue weighted by Gasteiger charge is -2.32. The summed E-state index contributed by atoms with van der Waals surface area (Å²) in [5, 5.41) is 9.20. The number of carbonyl (C=O) groups is 1. The normalized spacial score (nSPS) is 20.1. The van der Waals surface area contributed by atoms with Gasteiger partial charge in [-0.15, -0.1) is 11.3 Å². The fourth-order valence-corrected chi connectivity index (χ4v) is 2.78. The number of carboxylic acid groups (broad SMARTS) is 1. The monoisotopic (exact) mass is 298 g/mol. The quantitative estimate of drug-likeness (QED) is 0.863. The van der Waals surface area contributed by atoms with Crippen molar-refractivity contribution in [2.75, 3.05) is 6.61 Å². The SMILES string of the molecule is CCOc1cc(B2OC(C)(C)C(C)(C)O2)sc1C(=O)O. The van der Waals surface area contributed by atoms with E-state index in [2.05, 4.69) is 0 Å². The van der Waals surface area contributed by atoms with Crippen molar-refractivity contribution in [1.29, 1.82) is 0 Å². The summed E-state index contributed by atoms with van der Waals surface area (Å²) in [5.74, 6) is -0.629. The van der Waals surface area contributed by atoms with Crippen molar-refractivity contribution in [3.8, 4) is 5.75 Å². The molecule has 2 heterocycles. The van der Waals surface area contributed by atoms with Crippen LogP contribution in [0, 0.1) is 0 Å². The van der Waals surface area contributed by atoms with Crippen LogP contribution < -0.4 is 9.51 Å². The van der Waals surface area contributed by atoms with E-state index in [1.54, 1.807) is 6.07 Å². The Labute approximate surface area is 123 Å². The molecule has 0 atom stereocenters. The van der Waals surface area contributed by atoms with Gasteiger partial charge in [-0.3, -0.25) is 0 Å². The van der Waals surface area contributed by atoms with E-state index in [1.165, 1.54) is 0 Å². The summed E-state index contributed by atoms with van der Waals surface area (Å²) in [7, 11) is -0.558. The van der Waals surface area contributed by atoms with Crippen LogP contribution in [0.2, 0.25) is 0 Å². The molecule has 0 aliphatic carbocycles. The van der Waals surface area contributed by atoms with Gasteiger partial charge in [0, 0.05) is 4.78 Å². The number of rotatable bonds is 4. The van der Waals surface area contributed by atoms with Crippen LogP contribution in [0.1, 0.15) is 44.3 Å². The predicted octanol–water partition coefficient (Wildman–Crippen LogP) is 2.14. The van der Waals surface area contributed by atoms with Crippen molar-refractivity contribution < 1.29 is 23.9 Å². The van der Waals surface area contributed by atoms with Gasteiger partial charge in [0.25, 0.3) is 0 Å². The van der Waals surface area contributed by atoms with Gasteiger partial charge in [0.15, 0.2) is 4.88 Å². The molecule has 1 saturated heterocycles. The van der Waals surface area contributed by atoms with Crippen LogP contribution >= 0.6 is 11.3 Å².